The molecule has 1 aromatic rings. The average Bonchev–Trinajstić information content (AvgIpc) is 2.80. The molecule has 0 saturated carbocycles. The minimum absolute atomic E-state index is 0.149. The SMILES string of the molecule is CC1(C(=O)C(C#N)c2ccncc2)CCCO1. The summed E-state index contributed by atoms with van der Waals surface area (Å²) in [6, 6.07) is 5.46. The van der Waals surface area contributed by atoms with E-state index in [1.807, 2.05) is 0 Å². The Morgan fingerprint density at radius 1 is 1.59 bits per heavy atom. The molecule has 88 valence electrons. The van der Waals surface area contributed by atoms with Crippen molar-refractivity contribution < 1.29 is 9.53 Å². The number of carbonyl (C=O) groups is 1. The first-order chi connectivity index (χ1) is 8.17. The van der Waals surface area contributed by atoms with Gasteiger partial charge in [-0.05, 0) is 37.5 Å². The Balaban J connectivity index is 2.26. The highest BCUT2D eigenvalue weighted by atomic mass is 16.5. The van der Waals surface area contributed by atoms with E-state index in [0.717, 1.165) is 6.42 Å². The lowest BCUT2D eigenvalue weighted by Crippen LogP contribution is -2.37. The molecule has 1 aliphatic rings. The van der Waals surface area contributed by atoms with Crippen LogP contribution in [0.25, 0.3) is 0 Å². The lowest BCUT2D eigenvalue weighted by atomic mass is 9.85. The molecule has 1 saturated heterocycles. The van der Waals surface area contributed by atoms with Crippen molar-refractivity contribution >= 4 is 5.78 Å². The second-order valence-electron chi connectivity index (χ2n) is 4.39. The quantitative estimate of drug-likeness (QED) is 0.794. The third kappa shape index (κ3) is 2.20. The standard InChI is InChI=1S/C13H14N2O2/c1-13(5-2-8-17-13)12(16)11(9-14)10-3-6-15-7-4-10/h3-4,6-7,11H,2,5,8H2,1H3. The van der Waals surface area contributed by atoms with Crippen LogP contribution in [0.5, 0.6) is 0 Å². The van der Waals surface area contributed by atoms with Crippen molar-refractivity contribution in [2.75, 3.05) is 6.61 Å². The Labute approximate surface area is 100 Å². The lowest BCUT2D eigenvalue weighted by molar-refractivity contribution is -0.137. The van der Waals surface area contributed by atoms with Crippen LogP contribution in [0.1, 0.15) is 31.2 Å². The topological polar surface area (TPSA) is 63.0 Å². The van der Waals surface area contributed by atoms with Crippen LogP contribution in [-0.2, 0) is 9.53 Å². The fourth-order valence-electron chi connectivity index (χ4n) is 2.12. The fourth-order valence-corrected chi connectivity index (χ4v) is 2.12. The summed E-state index contributed by atoms with van der Waals surface area (Å²) < 4.78 is 5.49. The highest BCUT2D eigenvalue weighted by Crippen LogP contribution is 2.31. The van der Waals surface area contributed by atoms with Gasteiger partial charge in [-0.1, -0.05) is 0 Å². The molecule has 1 aromatic heterocycles. The van der Waals surface area contributed by atoms with Gasteiger partial charge in [0, 0.05) is 19.0 Å². The highest BCUT2D eigenvalue weighted by Gasteiger charge is 2.42. The summed E-state index contributed by atoms with van der Waals surface area (Å²) in [5.41, 5.74) is -0.117. The number of aromatic nitrogens is 1. The van der Waals surface area contributed by atoms with E-state index in [9.17, 15) is 10.1 Å². The number of nitrogens with zero attached hydrogens (tertiary/aromatic N) is 2. The zero-order valence-electron chi connectivity index (χ0n) is 9.72. The van der Waals surface area contributed by atoms with Crippen molar-refractivity contribution in [1.29, 1.82) is 5.26 Å². The predicted molar refractivity (Wildman–Crippen MR) is 61.2 cm³/mol. The van der Waals surface area contributed by atoms with Gasteiger partial charge in [0.1, 0.15) is 11.5 Å². The van der Waals surface area contributed by atoms with Crippen molar-refractivity contribution in [2.24, 2.45) is 0 Å². The number of pyridine rings is 1. The van der Waals surface area contributed by atoms with Gasteiger partial charge in [0.2, 0.25) is 0 Å². The van der Waals surface area contributed by atoms with Crippen molar-refractivity contribution in [3.63, 3.8) is 0 Å². The number of nitriles is 1. The van der Waals surface area contributed by atoms with Crippen LogP contribution in [-0.4, -0.2) is 23.0 Å². The Hall–Kier alpha value is -1.73. The van der Waals surface area contributed by atoms with E-state index in [-0.39, 0.29) is 5.78 Å². The molecule has 1 aliphatic heterocycles. The molecule has 2 unspecified atom stereocenters. The van der Waals surface area contributed by atoms with Crippen LogP contribution in [0.15, 0.2) is 24.5 Å². The first-order valence-electron chi connectivity index (χ1n) is 5.65. The van der Waals surface area contributed by atoms with E-state index in [1.165, 1.54) is 0 Å². The van der Waals surface area contributed by atoms with Crippen molar-refractivity contribution in [2.45, 2.75) is 31.3 Å². The molecule has 0 aliphatic carbocycles. The van der Waals surface area contributed by atoms with Gasteiger partial charge in [0.25, 0.3) is 0 Å². The maximum atomic E-state index is 12.3. The molecule has 2 heterocycles. The zero-order chi connectivity index (χ0) is 12.3. The second-order valence-corrected chi connectivity index (χ2v) is 4.39. The third-order valence-corrected chi connectivity index (χ3v) is 3.17. The minimum atomic E-state index is -0.802. The maximum absolute atomic E-state index is 12.3. The molecule has 4 heteroatoms. The lowest BCUT2D eigenvalue weighted by Gasteiger charge is -2.24. The highest BCUT2D eigenvalue weighted by molar-refractivity contribution is 5.95. The number of carbonyl (C=O) groups excluding carboxylic acids is 1. The van der Waals surface area contributed by atoms with Gasteiger partial charge in [-0.3, -0.25) is 9.78 Å². The normalized spacial score (nSPS) is 25.2. The molecule has 0 N–H and O–H groups in total. The van der Waals surface area contributed by atoms with E-state index in [1.54, 1.807) is 31.5 Å². The zero-order valence-corrected chi connectivity index (χ0v) is 9.72. The average molecular weight is 230 g/mol. The molecule has 4 nitrogen and oxygen atoms in total. The van der Waals surface area contributed by atoms with E-state index in [0.29, 0.717) is 18.6 Å². The molecular weight excluding hydrogens is 216 g/mol. The van der Waals surface area contributed by atoms with E-state index in [4.69, 9.17) is 4.74 Å². The first kappa shape index (κ1) is 11.7. The first-order valence-corrected chi connectivity index (χ1v) is 5.65. The van der Waals surface area contributed by atoms with Gasteiger partial charge in [0.15, 0.2) is 5.78 Å². The van der Waals surface area contributed by atoms with E-state index in [2.05, 4.69) is 11.1 Å². The molecule has 0 radical (unpaired) electrons. The van der Waals surface area contributed by atoms with Crippen molar-refractivity contribution in [1.82, 2.24) is 4.98 Å². The summed E-state index contributed by atoms with van der Waals surface area (Å²) in [7, 11) is 0. The van der Waals surface area contributed by atoms with Gasteiger partial charge >= 0.3 is 0 Å². The smallest absolute Gasteiger partial charge is 0.185 e. The fraction of sp³-hybridized carbons (Fsp3) is 0.462. The molecule has 0 aromatic carbocycles. The number of hydrogen-bond acceptors (Lipinski definition) is 4. The van der Waals surface area contributed by atoms with Gasteiger partial charge in [-0.25, -0.2) is 0 Å². The number of hydrogen-bond donors (Lipinski definition) is 0. The van der Waals surface area contributed by atoms with Crippen LogP contribution >= 0.6 is 0 Å². The summed E-state index contributed by atoms with van der Waals surface area (Å²) in [6.07, 6.45) is 4.74. The number of Topliss-reactive ketones (excluding diaryl/α,β-unsaturated/α-hetero) is 1. The summed E-state index contributed by atoms with van der Waals surface area (Å²) in [4.78, 5) is 16.2. The van der Waals surface area contributed by atoms with Crippen LogP contribution in [0, 0.1) is 11.3 Å². The Morgan fingerprint density at radius 3 is 2.82 bits per heavy atom. The number of ether oxygens (including phenoxy) is 1. The Bertz CT molecular complexity index is 444. The molecule has 2 atom stereocenters. The van der Waals surface area contributed by atoms with Crippen molar-refractivity contribution in [3.05, 3.63) is 30.1 Å². The van der Waals surface area contributed by atoms with Gasteiger partial charge in [-0.2, -0.15) is 5.26 Å². The molecule has 2 rings (SSSR count). The van der Waals surface area contributed by atoms with Gasteiger partial charge in [0.05, 0.1) is 6.07 Å². The largest absolute Gasteiger partial charge is 0.367 e. The van der Waals surface area contributed by atoms with Crippen LogP contribution in [0.3, 0.4) is 0 Å². The molecule has 0 amide bonds. The van der Waals surface area contributed by atoms with Gasteiger partial charge in [-0.15, -0.1) is 0 Å². The summed E-state index contributed by atoms with van der Waals surface area (Å²) >= 11 is 0. The second kappa shape index (κ2) is 4.64. The van der Waals surface area contributed by atoms with E-state index < -0.39 is 11.5 Å². The Kier molecular flexibility index (Phi) is 3.21. The summed E-state index contributed by atoms with van der Waals surface area (Å²) in [5.74, 6) is -0.912. The van der Waals surface area contributed by atoms with Crippen LogP contribution in [0.2, 0.25) is 0 Å². The monoisotopic (exact) mass is 230 g/mol. The minimum Gasteiger partial charge on any atom is -0.367 e. The van der Waals surface area contributed by atoms with Crippen LogP contribution < -0.4 is 0 Å². The number of ketones is 1. The molecular formula is C13H14N2O2. The molecule has 1 fully saturated rings. The maximum Gasteiger partial charge on any atom is 0.185 e. The van der Waals surface area contributed by atoms with Crippen molar-refractivity contribution in [3.8, 4) is 6.07 Å². The predicted octanol–water partition coefficient (Wildman–Crippen LogP) is 1.83. The van der Waals surface area contributed by atoms with Crippen LogP contribution in [0.4, 0.5) is 0 Å². The van der Waals surface area contributed by atoms with E-state index >= 15 is 0 Å². The van der Waals surface area contributed by atoms with Gasteiger partial charge < -0.3 is 4.74 Å². The number of rotatable bonds is 3. The Morgan fingerprint density at radius 2 is 2.29 bits per heavy atom. The molecule has 17 heavy (non-hydrogen) atoms. The summed E-state index contributed by atoms with van der Waals surface area (Å²) in [6.45, 7) is 2.37. The third-order valence-electron chi connectivity index (χ3n) is 3.17. The molecule has 0 bridgehead atoms. The molecule has 0 spiro atoms. The summed E-state index contributed by atoms with van der Waals surface area (Å²) in [5, 5.41) is 9.18.